The highest BCUT2D eigenvalue weighted by Crippen LogP contribution is 2.13. The van der Waals surface area contributed by atoms with E-state index in [1.54, 1.807) is 18.5 Å². The summed E-state index contributed by atoms with van der Waals surface area (Å²) < 4.78 is 12.9. The molecule has 120 valence electrons. The number of hydrogen-bond donors (Lipinski definition) is 2. The Labute approximate surface area is 138 Å². The fourth-order valence-electron chi connectivity index (χ4n) is 2.09. The maximum absolute atomic E-state index is 12.9. The van der Waals surface area contributed by atoms with Gasteiger partial charge >= 0.3 is 0 Å². The number of nitrogens with one attached hydrogen (secondary N) is 2. The quantitative estimate of drug-likeness (QED) is 0.755. The molecule has 2 heterocycles. The number of amides is 1. The molecule has 0 saturated carbocycles. The summed E-state index contributed by atoms with van der Waals surface area (Å²) in [4.78, 5) is 20.5. The Hall–Kier alpha value is -3.28. The van der Waals surface area contributed by atoms with Gasteiger partial charge in [0.15, 0.2) is 0 Å². The van der Waals surface area contributed by atoms with Gasteiger partial charge in [-0.1, -0.05) is 6.07 Å². The monoisotopic (exact) mass is 322 g/mol. The molecule has 0 unspecified atom stereocenters. The first-order valence-electron chi connectivity index (χ1n) is 7.36. The SMILES string of the molecule is O=C(Nc1ccc(F)cc1)c1cncc(NCc2ccccn2)c1. The van der Waals surface area contributed by atoms with E-state index in [-0.39, 0.29) is 11.7 Å². The molecule has 0 aliphatic heterocycles. The molecule has 0 saturated heterocycles. The zero-order valence-corrected chi connectivity index (χ0v) is 12.7. The topological polar surface area (TPSA) is 66.9 Å². The van der Waals surface area contributed by atoms with Crippen molar-refractivity contribution in [2.45, 2.75) is 6.54 Å². The normalized spacial score (nSPS) is 10.2. The van der Waals surface area contributed by atoms with Crippen molar-refractivity contribution in [3.63, 3.8) is 0 Å². The highest BCUT2D eigenvalue weighted by atomic mass is 19.1. The minimum absolute atomic E-state index is 0.310. The molecule has 0 spiro atoms. The van der Waals surface area contributed by atoms with Gasteiger partial charge in [-0.15, -0.1) is 0 Å². The van der Waals surface area contributed by atoms with E-state index in [0.717, 1.165) is 5.69 Å². The predicted molar refractivity (Wildman–Crippen MR) is 90.2 cm³/mol. The lowest BCUT2D eigenvalue weighted by atomic mass is 10.2. The van der Waals surface area contributed by atoms with Crippen molar-refractivity contribution in [3.8, 4) is 0 Å². The van der Waals surface area contributed by atoms with E-state index in [9.17, 15) is 9.18 Å². The van der Waals surface area contributed by atoms with E-state index in [1.165, 1.54) is 30.5 Å². The number of halogens is 1. The molecule has 5 nitrogen and oxygen atoms in total. The van der Waals surface area contributed by atoms with Crippen molar-refractivity contribution >= 4 is 17.3 Å². The summed E-state index contributed by atoms with van der Waals surface area (Å²) >= 11 is 0. The Morgan fingerprint density at radius 1 is 1.04 bits per heavy atom. The third-order valence-electron chi connectivity index (χ3n) is 3.30. The molecule has 0 fully saturated rings. The standard InChI is InChI=1S/C18H15FN4O/c19-14-4-6-15(7-5-14)23-18(24)13-9-17(11-20-10-13)22-12-16-3-1-2-8-21-16/h1-11,22H,12H2,(H,23,24). The van der Waals surface area contributed by atoms with Crippen molar-refractivity contribution in [2.24, 2.45) is 0 Å². The number of benzene rings is 1. The predicted octanol–water partition coefficient (Wildman–Crippen LogP) is 3.48. The van der Waals surface area contributed by atoms with E-state index in [2.05, 4.69) is 20.6 Å². The van der Waals surface area contributed by atoms with Crippen LogP contribution < -0.4 is 10.6 Å². The second-order valence-corrected chi connectivity index (χ2v) is 5.10. The van der Waals surface area contributed by atoms with Crippen molar-refractivity contribution in [1.82, 2.24) is 9.97 Å². The molecule has 0 aliphatic rings. The minimum atomic E-state index is -0.351. The lowest BCUT2D eigenvalue weighted by molar-refractivity contribution is 0.102. The van der Waals surface area contributed by atoms with Gasteiger partial charge in [0.2, 0.25) is 0 Å². The molecule has 1 amide bonds. The van der Waals surface area contributed by atoms with Crippen LogP contribution in [0.4, 0.5) is 15.8 Å². The fourth-order valence-corrected chi connectivity index (χ4v) is 2.09. The number of hydrogen-bond acceptors (Lipinski definition) is 4. The van der Waals surface area contributed by atoms with Crippen molar-refractivity contribution in [3.05, 3.63) is 84.2 Å². The summed E-state index contributed by atoms with van der Waals surface area (Å²) in [6, 6.07) is 13.0. The van der Waals surface area contributed by atoms with Crippen LogP contribution in [0, 0.1) is 5.82 Å². The van der Waals surface area contributed by atoms with E-state index in [1.807, 2.05) is 18.2 Å². The van der Waals surface area contributed by atoms with Gasteiger partial charge in [-0.25, -0.2) is 4.39 Å². The Bertz CT molecular complexity index is 822. The summed E-state index contributed by atoms with van der Waals surface area (Å²) in [6.45, 7) is 0.533. The second-order valence-electron chi connectivity index (χ2n) is 5.10. The van der Waals surface area contributed by atoms with Crippen molar-refractivity contribution in [2.75, 3.05) is 10.6 Å². The lowest BCUT2D eigenvalue weighted by Gasteiger charge is -2.08. The number of anilines is 2. The smallest absolute Gasteiger partial charge is 0.257 e. The fraction of sp³-hybridized carbons (Fsp3) is 0.0556. The van der Waals surface area contributed by atoms with Crippen LogP contribution in [0.2, 0.25) is 0 Å². The van der Waals surface area contributed by atoms with Crippen LogP contribution in [0.15, 0.2) is 67.1 Å². The van der Waals surface area contributed by atoms with Crippen LogP contribution in [0.1, 0.15) is 16.1 Å². The van der Waals surface area contributed by atoms with E-state index < -0.39 is 0 Å². The minimum Gasteiger partial charge on any atom is -0.378 e. The zero-order chi connectivity index (χ0) is 16.8. The lowest BCUT2D eigenvalue weighted by Crippen LogP contribution is -2.13. The summed E-state index contributed by atoms with van der Waals surface area (Å²) in [7, 11) is 0. The maximum atomic E-state index is 12.9. The van der Waals surface area contributed by atoms with Gasteiger partial charge in [0, 0.05) is 24.3 Å². The van der Waals surface area contributed by atoms with Gasteiger partial charge in [-0.05, 0) is 42.5 Å². The van der Waals surface area contributed by atoms with Gasteiger partial charge in [-0.2, -0.15) is 0 Å². The highest BCUT2D eigenvalue weighted by molar-refractivity contribution is 6.04. The molecular weight excluding hydrogens is 307 g/mol. The number of nitrogens with zero attached hydrogens (tertiary/aromatic N) is 2. The molecule has 3 aromatic rings. The number of pyridine rings is 2. The molecule has 2 N–H and O–H groups in total. The Morgan fingerprint density at radius 2 is 1.88 bits per heavy atom. The van der Waals surface area contributed by atoms with E-state index in [4.69, 9.17) is 0 Å². The van der Waals surface area contributed by atoms with E-state index in [0.29, 0.717) is 23.5 Å². The maximum Gasteiger partial charge on any atom is 0.257 e. The Morgan fingerprint density at radius 3 is 2.62 bits per heavy atom. The molecule has 0 atom stereocenters. The number of carbonyl (C=O) groups excluding carboxylic acids is 1. The second kappa shape index (κ2) is 7.32. The summed E-state index contributed by atoms with van der Waals surface area (Å²) in [6.07, 6.45) is 4.84. The molecule has 2 aromatic heterocycles. The summed E-state index contributed by atoms with van der Waals surface area (Å²) in [5.74, 6) is -0.661. The van der Waals surface area contributed by atoms with E-state index >= 15 is 0 Å². The number of carbonyl (C=O) groups is 1. The van der Waals surface area contributed by atoms with Crippen LogP contribution in [0.5, 0.6) is 0 Å². The Kier molecular flexibility index (Phi) is 4.76. The summed E-state index contributed by atoms with van der Waals surface area (Å²) in [5, 5.41) is 5.87. The van der Waals surface area contributed by atoms with Crippen LogP contribution in [0.25, 0.3) is 0 Å². The van der Waals surface area contributed by atoms with Gasteiger partial charge in [0.1, 0.15) is 5.82 Å². The van der Waals surface area contributed by atoms with Gasteiger partial charge in [-0.3, -0.25) is 14.8 Å². The first-order chi connectivity index (χ1) is 11.7. The summed E-state index contributed by atoms with van der Waals surface area (Å²) in [5.41, 5.74) is 2.53. The molecule has 0 radical (unpaired) electrons. The zero-order valence-electron chi connectivity index (χ0n) is 12.7. The molecule has 6 heteroatoms. The average molecular weight is 322 g/mol. The van der Waals surface area contributed by atoms with Crippen LogP contribution >= 0.6 is 0 Å². The molecule has 0 aliphatic carbocycles. The van der Waals surface area contributed by atoms with Crippen molar-refractivity contribution < 1.29 is 9.18 Å². The number of aromatic nitrogens is 2. The first-order valence-corrected chi connectivity index (χ1v) is 7.36. The first kappa shape index (κ1) is 15.6. The molecule has 3 rings (SSSR count). The third-order valence-corrected chi connectivity index (χ3v) is 3.30. The Balaban J connectivity index is 1.65. The van der Waals surface area contributed by atoms with Crippen LogP contribution in [-0.2, 0) is 6.54 Å². The van der Waals surface area contributed by atoms with Gasteiger partial charge in [0.05, 0.1) is 23.5 Å². The average Bonchev–Trinajstić information content (AvgIpc) is 2.63. The van der Waals surface area contributed by atoms with Gasteiger partial charge < -0.3 is 10.6 Å². The molecule has 0 bridgehead atoms. The largest absolute Gasteiger partial charge is 0.378 e. The van der Waals surface area contributed by atoms with Crippen LogP contribution in [0.3, 0.4) is 0 Å². The van der Waals surface area contributed by atoms with Crippen molar-refractivity contribution in [1.29, 1.82) is 0 Å². The highest BCUT2D eigenvalue weighted by Gasteiger charge is 2.08. The van der Waals surface area contributed by atoms with Gasteiger partial charge in [0.25, 0.3) is 5.91 Å². The van der Waals surface area contributed by atoms with Crippen LogP contribution in [-0.4, -0.2) is 15.9 Å². The molecular formula is C18H15FN4O. The third kappa shape index (κ3) is 4.13. The molecule has 1 aromatic carbocycles. The number of rotatable bonds is 5. The molecule has 24 heavy (non-hydrogen) atoms.